The van der Waals surface area contributed by atoms with Gasteiger partial charge in [-0.1, -0.05) is 6.92 Å². The topological polar surface area (TPSA) is 61.4 Å². The van der Waals surface area contributed by atoms with Gasteiger partial charge in [-0.2, -0.15) is 13.2 Å². The van der Waals surface area contributed by atoms with E-state index in [1.54, 1.807) is 0 Å². The number of nitrogens with one attached hydrogen (secondary N) is 2. The van der Waals surface area contributed by atoms with Crippen molar-refractivity contribution in [2.75, 3.05) is 38.5 Å². The minimum atomic E-state index is -4.70. The highest BCUT2D eigenvalue weighted by Gasteiger charge is 2.44. The number of piperidine rings is 1. The second-order valence-corrected chi connectivity index (χ2v) is 8.54. The van der Waals surface area contributed by atoms with Gasteiger partial charge in [-0.25, -0.2) is 8.42 Å². The van der Waals surface area contributed by atoms with Crippen molar-refractivity contribution < 1.29 is 21.6 Å². The molecule has 2 rings (SSSR count). The summed E-state index contributed by atoms with van der Waals surface area (Å²) in [6, 6.07) is 0.0206. The number of hydrogen-bond acceptors (Lipinski definition) is 5. The first-order chi connectivity index (χ1) is 10.7. The molecule has 2 atom stereocenters. The molecular formula is C14H26F3N3O2S. The lowest BCUT2D eigenvalue weighted by atomic mass is 9.87. The summed E-state index contributed by atoms with van der Waals surface area (Å²) in [5.74, 6) is -1.41. The molecule has 0 saturated carbocycles. The fourth-order valence-electron chi connectivity index (χ4n) is 3.80. The first-order valence-electron chi connectivity index (χ1n) is 8.20. The van der Waals surface area contributed by atoms with Crippen LogP contribution in [0.1, 0.15) is 26.2 Å². The van der Waals surface area contributed by atoms with Crippen molar-refractivity contribution in [3.8, 4) is 0 Å². The van der Waals surface area contributed by atoms with E-state index in [2.05, 4.69) is 10.6 Å². The molecule has 2 unspecified atom stereocenters. The number of sulfone groups is 1. The molecule has 0 bridgehead atoms. The summed E-state index contributed by atoms with van der Waals surface area (Å²) in [4.78, 5) is 1.81. The Bertz CT molecular complexity index is 478. The molecule has 136 valence electrons. The van der Waals surface area contributed by atoms with Gasteiger partial charge in [-0.15, -0.1) is 0 Å². The van der Waals surface area contributed by atoms with Crippen LogP contribution in [0.25, 0.3) is 0 Å². The minimum absolute atomic E-state index is 0.0206. The van der Waals surface area contributed by atoms with Crippen LogP contribution in [0.3, 0.4) is 0 Å². The maximum atomic E-state index is 12.6. The highest BCUT2D eigenvalue weighted by molar-refractivity contribution is 7.92. The van der Waals surface area contributed by atoms with Crippen LogP contribution < -0.4 is 10.6 Å². The maximum absolute atomic E-state index is 12.6. The van der Waals surface area contributed by atoms with E-state index in [0.29, 0.717) is 19.0 Å². The van der Waals surface area contributed by atoms with Gasteiger partial charge in [0.15, 0.2) is 9.84 Å². The zero-order valence-corrected chi connectivity index (χ0v) is 14.2. The van der Waals surface area contributed by atoms with Gasteiger partial charge >= 0.3 is 6.18 Å². The van der Waals surface area contributed by atoms with Crippen molar-refractivity contribution in [3.63, 3.8) is 0 Å². The van der Waals surface area contributed by atoms with Crippen LogP contribution in [0.5, 0.6) is 0 Å². The highest BCUT2D eigenvalue weighted by Crippen LogP contribution is 2.29. The molecule has 0 radical (unpaired) electrons. The van der Waals surface area contributed by atoms with Crippen LogP contribution >= 0.6 is 0 Å². The van der Waals surface area contributed by atoms with Crippen LogP contribution in [-0.4, -0.2) is 69.4 Å². The van der Waals surface area contributed by atoms with Gasteiger partial charge in [0.2, 0.25) is 0 Å². The van der Waals surface area contributed by atoms with E-state index in [0.717, 1.165) is 32.4 Å². The van der Waals surface area contributed by atoms with E-state index in [-0.39, 0.29) is 12.6 Å². The fourth-order valence-corrected chi connectivity index (χ4v) is 5.49. The lowest BCUT2D eigenvalue weighted by Crippen LogP contribution is -2.61. The van der Waals surface area contributed by atoms with E-state index in [1.165, 1.54) is 0 Å². The van der Waals surface area contributed by atoms with E-state index in [1.807, 2.05) is 11.8 Å². The molecule has 0 aromatic heterocycles. The number of rotatable bonds is 5. The van der Waals surface area contributed by atoms with E-state index in [9.17, 15) is 21.6 Å². The number of nitrogens with zero attached hydrogens (tertiary/aromatic N) is 1. The van der Waals surface area contributed by atoms with Gasteiger partial charge in [0.1, 0.15) is 11.1 Å². The second kappa shape index (κ2) is 7.67. The van der Waals surface area contributed by atoms with Crippen LogP contribution in [0.2, 0.25) is 0 Å². The summed E-state index contributed by atoms with van der Waals surface area (Å²) < 4.78 is 62.5. The molecule has 2 aliphatic rings. The fraction of sp³-hybridized carbons (Fsp3) is 1.00. The van der Waals surface area contributed by atoms with Gasteiger partial charge < -0.3 is 10.6 Å². The number of piperazine rings is 1. The summed E-state index contributed by atoms with van der Waals surface area (Å²) in [6.07, 6.45) is -2.07. The third-order valence-electron chi connectivity index (χ3n) is 4.79. The molecule has 5 nitrogen and oxygen atoms in total. The Morgan fingerprint density at radius 3 is 2.39 bits per heavy atom. The average Bonchev–Trinajstić information content (AvgIpc) is 2.47. The molecular weight excluding hydrogens is 331 g/mol. The minimum Gasteiger partial charge on any atom is -0.317 e. The normalized spacial score (nSPS) is 27.0. The molecule has 9 heteroatoms. The Morgan fingerprint density at radius 1 is 1.17 bits per heavy atom. The summed E-state index contributed by atoms with van der Waals surface area (Å²) >= 11 is 0. The third kappa shape index (κ3) is 5.04. The molecule has 0 spiro atoms. The van der Waals surface area contributed by atoms with Gasteiger partial charge in [0.05, 0.1) is 0 Å². The smallest absolute Gasteiger partial charge is 0.317 e. The Balaban J connectivity index is 2.19. The Hall–Kier alpha value is -0.380. The first kappa shape index (κ1) is 19.0. The van der Waals surface area contributed by atoms with Crippen molar-refractivity contribution in [2.24, 2.45) is 5.92 Å². The van der Waals surface area contributed by atoms with Crippen molar-refractivity contribution in [2.45, 2.75) is 43.8 Å². The van der Waals surface area contributed by atoms with E-state index < -0.39 is 27.1 Å². The van der Waals surface area contributed by atoms with Crippen molar-refractivity contribution in [1.82, 2.24) is 15.5 Å². The van der Waals surface area contributed by atoms with Crippen molar-refractivity contribution in [3.05, 3.63) is 0 Å². The number of hydrogen-bond donors (Lipinski definition) is 2. The van der Waals surface area contributed by atoms with Crippen molar-refractivity contribution in [1.29, 1.82) is 0 Å². The highest BCUT2D eigenvalue weighted by atomic mass is 32.2. The molecule has 2 N–H and O–H groups in total. The first-order valence-corrected chi connectivity index (χ1v) is 9.91. The average molecular weight is 357 g/mol. The Morgan fingerprint density at radius 2 is 1.83 bits per heavy atom. The predicted octanol–water partition coefficient (Wildman–Crippen LogP) is 0.973. The quantitative estimate of drug-likeness (QED) is 0.768. The lowest BCUT2D eigenvalue weighted by Gasteiger charge is -2.44. The van der Waals surface area contributed by atoms with E-state index >= 15 is 0 Å². The molecule has 0 amide bonds. The molecule has 0 aliphatic carbocycles. The van der Waals surface area contributed by atoms with Gasteiger partial charge in [0.25, 0.3) is 0 Å². The van der Waals surface area contributed by atoms with Crippen LogP contribution in [0.4, 0.5) is 13.2 Å². The molecule has 0 aromatic carbocycles. The number of alkyl halides is 3. The SMILES string of the molecule is CCC(C1CCNCC1)N1CCNCC1S(=O)(=O)CC(F)(F)F. The lowest BCUT2D eigenvalue weighted by molar-refractivity contribution is -0.106. The molecule has 23 heavy (non-hydrogen) atoms. The molecule has 2 saturated heterocycles. The van der Waals surface area contributed by atoms with Crippen molar-refractivity contribution >= 4 is 9.84 Å². The molecule has 2 aliphatic heterocycles. The van der Waals surface area contributed by atoms with Crippen LogP contribution in [0.15, 0.2) is 0 Å². The Kier molecular flexibility index (Phi) is 6.32. The zero-order chi connectivity index (χ0) is 17.1. The predicted molar refractivity (Wildman–Crippen MR) is 82.9 cm³/mol. The Labute approximate surface area is 135 Å². The third-order valence-corrected chi connectivity index (χ3v) is 6.78. The molecule has 0 aromatic rings. The largest absolute Gasteiger partial charge is 0.402 e. The zero-order valence-electron chi connectivity index (χ0n) is 13.4. The molecule has 2 fully saturated rings. The van der Waals surface area contributed by atoms with Gasteiger partial charge in [0, 0.05) is 25.7 Å². The maximum Gasteiger partial charge on any atom is 0.402 e. The molecule has 2 heterocycles. The summed E-state index contributed by atoms with van der Waals surface area (Å²) in [7, 11) is -4.26. The van der Waals surface area contributed by atoms with Crippen LogP contribution in [-0.2, 0) is 9.84 Å². The second-order valence-electron chi connectivity index (χ2n) is 6.38. The summed E-state index contributed by atoms with van der Waals surface area (Å²) in [5.41, 5.74) is 0. The monoisotopic (exact) mass is 357 g/mol. The summed E-state index contributed by atoms with van der Waals surface area (Å²) in [5, 5.41) is 5.12. The van der Waals surface area contributed by atoms with Gasteiger partial charge in [-0.05, 0) is 38.3 Å². The summed E-state index contributed by atoms with van der Waals surface area (Å²) in [6.45, 7) is 4.91. The van der Waals surface area contributed by atoms with E-state index in [4.69, 9.17) is 0 Å². The number of halogens is 3. The standard InChI is InChI=1S/C14H26F3N3O2S/c1-2-12(11-3-5-18-6-4-11)20-8-7-19-9-13(20)23(21,22)10-14(15,16)17/h11-13,18-19H,2-10H2,1H3. The van der Waals surface area contributed by atoms with Crippen LogP contribution in [0, 0.1) is 5.92 Å². The van der Waals surface area contributed by atoms with Gasteiger partial charge in [-0.3, -0.25) is 4.90 Å².